The van der Waals surface area contributed by atoms with Crippen LogP contribution in [0.3, 0.4) is 0 Å². The van der Waals surface area contributed by atoms with Crippen LogP contribution in [0.25, 0.3) is 0 Å². The van der Waals surface area contributed by atoms with Gasteiger partial charge in [-0.05, 0) is 31.9 Å². The molecule has 1 aliphatic rings. The van der Waals surface area contributed by atoms with Crippen molar-refractivity contribution < 1.29 is 14.3 Å². The Balaban J connectivity index is 1.85. The van der Waals surface area contributed by atoms with Crippen LogP contribution in [-0.2, 0) is 9.59 Å². The number of nitrogens with two attached hydrogens (primary N) is 1. The smallest absolute Gasteiger partial charge is 0.260 e. The number of primary amides is 1. The summed E-state index contributed by atoms with van der Waals surface area (Å²) in [7, 11) is 0. The fraction of sp³-hybridized carbons (Fsp3) is 0.467. The highest BCUT2D eigenvalue weighted by atomic mass is 16.5. The fourth-order valence-corrected chi connectivity index (χ4v) is 2.31. The molecule has 1 unspecified atom stereocenters. The third kappa shape index (κ3) is 3.73. The van der Waals surface area contributed by atoms with Crippen LogP contribution >= 0.6 is 0 Å². The largest absolute Gasteiger partial charge is 0.484 e. The molecule has 5 heteroatoms. The first kappa shape index (κ1) is 14.4. The molecular formula is C15H20N2O3. The zero-order valence-electron chi connectivity index (χ0n) is 11.7. The molecule has 1 atom stereocenters. The number of likely N-dealkylation sites (tertiary alicyclic amines) is 1. The Bertz CT molecular complexity index is 484. The summed E-state index contributed by atoms with van der Waals surface area (Å²) in [5.74, 6) is 0.0120. The average molecular weight is 276 g/mol. The van der Waals surface area contributed by atoms with Crippen LogP contribution in [0, 0.1) is 12.8 Å². The highest BCUT2D eigenvalue weighted by molar-refractivity contribution is 5.81. The Kier molecular flexibility index (Phi) is 4.61. The molecule has 1 aromatic rings. The molecule has 1 saturated heterocycles. The highest BCUT2D eigenvalue weighted by Crippen LogP contribution is 2.17. The molecule has 1 heterocycles. The van der Waals surface area contributed by atoms with Crippen molar-refractivity contribution in [1.82, 2.24) is 4.90 Å². The lowest BCUT2D eigenvalue weighted by Crippen LogP contribution is -2.45. The summed E-state index contributed by atoms with van der Waals surface area (Å²) in [6.07, 6.45) is 1.57. The fourth-order valence-electron chi connectivity index (χ4n) is 2.31. The lowest BCUT2D eigenvalue weighted by atomic mass is 9.97. The molecule has 2 N–H and O–H groups in total. The van der Waals surface area contributed by atoms with E-state index < -0.39 is 0 Å². The van der Waals surface area contributed by atoms with Crippen molar-refractivity contribution in [2.24, 2.45) is 11.7 Å². The van der Waals surface area contributed by atoms with Crippen molar-refractivity contribution in [1.29, 1.82) is 0 Å². The second-order valence-corrected chi connectivity index (χ2v) is 5.18. The number of benzene rings is 1. The molecule has 108 valence electrons. The van der Waals surface area contributed by atoms with Gasteiger partial charge in [-0.15, -0.1) is 0 Å². The van der Waals surface area contributed by atoms with E-state index in [2.05, 4.69) is 0 Å². The monoisotopic (exact) mass is 276 g/mol. The minimum atomic E-state index is -0.332. The molecule has 0 bridgehead atoms. The molecule has 1 aliphatic heterocycles. The van der Waals surface area contributed by atoms with Gasteiger partial charge in [0, 0.05) is 13.1 Å². The zero-order valence-corrected chi connectivity index (χ0v) is 11.7. The summed E-state index contributed by atoms with van der Waals surface area (Å²) >= 11 is 0. The number of hydrogen-bond donors (Lipinski definition) is 1. The van der Waals surface area contributed by atoms with Crippen LogP contribution in [-0.4, -0.2) is 36.4 Å². The Morgan fingerprint density at radius 2 is 2.05 bits per heavy atom. The van der Waals surface area contributed by atoms with E-state index in [1.165, 1.54) is 0 Å². The van der Waals surface area contributed by atoms with Crippen molar-refractivity contribution in [2.45, 2.75) is 19.8 Å². The van der Waals surface area contributed by atoms with Gasteiger partial charge in [-0.25, -0.2) is 0 Å². The summed E-state index contributed by atoms with van der Waals surface area (Å²) in [6.45, 7) is 3.06. The molecule has 0 radical (unpaired) electrons. The third-order valence-electron chi connectivity index (χ3n) is 3.56. The minimum Gasteiger partial charge on any atom is -0.484 e. The van der Waals surface area contributed by atoms with E-state index in [1.807, 2.05) is 31.2 Å². The van der Waals surface area contributed by atoms with E-state index in [-0.39, 0.29) is 24.3 Å². The van der Waals surface area contributed by atoms with Gasteiger partial charge in [-0.2, -0.15) is 0 Å². The number of amides is 2. The molecule has 2 rings (SSSR count). The van der Waals surface area contributed by atoms with Gasteiger partial charge in [0.15, 0.2) is 6.61 Å². The standard InChI is InChI=1S/C15H20N2O3/c1-11-4-6-13(7-5-11)20-10-14(18)17-8-2-3-12(9-17)15(16)19/h4-7,12H,2-3,8-10H2,1H3,(H2,16,19). The van der Waals surface area contributed by atoms with Crippen molar-refractivity contribution in [2.75, 3.05) is 19.7 Å². The maximum atomic E-state index is 12.1. The molecule has 0 spiro atoms. The third-order valence-corrected chi connectivity index (χ3v) is 3.56. The predicted octanol–water partition coefficient (Wildman–Crippen LogP) is 1.10. The number of rotatable bonds is 4. The van der Waals surface area contributed by atoms with E-state index in [0.717, 1.165) is 18.4 Å². The Morgan fingerprint density at radius 1 is 1.35 bits per heavy atom. The molecule has 0 aliphatic carbocycles. The van der Waals surface area contributed by atoms with Crippen LogP contribution in [0.15, 0.2) is 24.3 Å². The number of hydrogen-bond acceptors (Lipinski definition) is 3. The molecule has 5 nitrogen and oxygen atoms in total. The zero-order chi connectivity index (χ0) is 14.5. The van der Waals surface area contributed by atoms with Crippen LogP contribution < -0.4 is 10.5 Å². The van der Waals surface area contributed by atoms with E-state index in [0.29, 0.717) is 18.8 Å². The van der Waals surface area contributed by atoms with E-state index in [1.54, 1.807) is 4.90 Å². The van der Waals surface area contributed by atoms with Crippen molar-refractivity contribution in [3.63, 3.8) is 0 Å². The molecular weight excluding hydrogens is 256 g/mol. The number of nitrogens with zero attached hydrogens (tertiary/aromatic N) is 1. The average Bonchev–Trinajstić information content (AvgIpc) is 2.46. The molecule has 2 amide bonds. The van der Waals surface area contributed by atoms with Gasteiger partial charge in [-0.3, -0.25) is 9.59 Å². The summed E-state index contributed by atoms with van der Waals surface area (Å²) < 4.78 is 5.46. The number of aryl methyl sites for hydroxylation is 1. The summed E-state index contributed by atoms with van der Waals surface area (Å²) in [5.41, 5.74) is 6.44. The lowest BCUT2D eigenvalue weighted by molar-refractivity contribution is -0.136. The van der Waals surface area contributed by atoms with Gasteiger partial charge < -0.3 is 15.4 Å². The van der Waals surface area contributed by atoms with Crippen molar-refractivity contribution in [3.05, 3.63) is 29.8 Å². The molecule has 1 aromatic carbocycles. The summed E-state index contributed by atoms with van der Waals surface area (Å²) in [4.78, 5) is 24.9. The molecule has 0 aromatic heterocycles. The first-order chi connectivity index (χ1) is 9.56. The molecule has 1 fully saturated rings. The van der Waals surface area contributed by atoms with Crippen LogP contribution in [0.5, 0.6) is 5.75 Å². The summed E-state index contributed by atoms with van der Waals surface area (Å²) in [6, 6.07) is 7.55. The number of carbonyl (C=O) groups is 2. The first-order valence-corrected chi connectivity index (χ1v) is 6.83. The maximum absolute atomic E-state index is 12.1. The maximum Gasteiger partial charge on any atom is 0.260 e. The van der Waals surface area contributed by atoms with Gasteiger partial charge in [0.2, 0.25) is 5.91 Å². The van der Waals surface area contributed by atoms with E-state index in [4.69, 9.17) is 10.5 Å². The van der Waals surface area contributed by atoms with Gasteiger partial charge in [0.05, 0.1) is 5.92 Å². The van der Waals surface area contributed by atoms with Crippen LogP contribution in [0.2, 0.25) is 0 Å². The number of piperidine rings is 1. The predicted molar refractivity (Wildman–Crippen MR) is 75.2 cm³/mol. The number of carbonyl (C=O) groups excluding carboxylic acids is 2. The van der Waals surface area contributed by atoms with E-state index >= 15 is 0 Å². The lowest BCUT2D eigenvalue weighted by Gasteiger charge is -2.31. The van der Waals surface area contributed by atoms with Gasteiger partial charge in [-0.1, -0.05) is 17.7 Å². The Morgan fingerprint density at radius 3 is 2.70 bits per heavy atom. The number of ether oxygens (including phenoxy) is 1. The van der Waals surface area contributed by atoms with Crippen molar-refractivity contribution >= 4 is 11.8 Å². The SMILES string of the molecule is Cc1ccc(OCC(=O)N2CCCC(C(N)=O)C2)cc1. The second-order valence-electron chi connectivity index (χ2n) is 5.18. The topological polar surface area (TPSA) is 72.6 Å². The Labute approximate surface area is 118 Å². The van der Waals surface area contributed by atoms with Gasteiger partial charge >= 0.3 is 0 Å². The quantitative estimate of drug-likeness (QED) is 0.895. The minimum absolute atomic E-state index is 0.00541. The van der Waals surface area contributed by atoms with Crippen molar-refractivity contribution in [3.8, 4) is 5.75 Å². The first-order valence-electron chi connectivity index (χ1n) is 6.83. The summed E-state index contributed by atoms with van der Waals surface area (Å²) in [5, 5.41) is 0. The second kappa shape index (κ2) is 6.41. The van der Waals surface area contributed by atoms with Gasteiger partial charge in [0.25, 0.3) is 5.91 Å². The van der Waals surface area contributed by atoms with Gasteiger partial charge in [0.1, 0.15) is 5.75 Å². The highest BCUT2D eigenvalue weighted by Gasteiger charge is 2.26. The Hall–Kier alpha value is -2.04. The molecule has 0 saturated carbocycles. The van der Waals surface area contributed by atoms with Crippen LogP contribution in [0.1, 0.15) is 18.4 Å². The molecule has 20 heavy (non-hydrogen) atoms. The van der Waals surface area contributed by atoms with E-state index in [9.17, 15) is 9.59 Å². The normalized spacial score (nSPS) is 18.6. The van der Waals surface area contributed by atoms with Crippen LogP contribution in [0.4, 0.5) is 0 Å².